The lowest BCUT2D eigenvalue weighted by Gasteiger charge is -2.15. The normalized spacial score (nSPS) is 13.9. The molecule has 9 nitrogen and oxygen atoms in total. The van der Waals surface area contributed by atoms with Crippen LogP contribution in [0.4, 0.5) is 0 Å². The van der Waals surface area contributed by atoms with Gasteiger partial charge in [0.25, 0.3) is 0 Å². The molecular formula is C45H80NO8P. The molecule has 0 heterocycles. The van der Waals surface area contributed by atoms with E-state index in [2.05, 4.69) is 79.9 Å². The van der Waals surface area contributed by atoms with E-state index >= 15 is 0 Å². The third kappa shape index (κ3) is 42.7. The molecule has 0 saturated carbocycles. The van der Waals surface area contributed by atoms with E-state index in [1.54, 1.807) is 0 Å². The lowest BCUT2D eigenvalue weighted by molar-refractivity contribution is -0.147. The predicted octanol–water partition coefficient (Wildman–Crippen LogP) is 12.1. The molecule has 2 atom stereocenters. The van der Waals surface area contributed by atoms with Crippen LogP contribution in [0.3, 0.4) is 0 Å². The van der Waals surface area contributed by atoms with E-state index in [9.17, 15) is 24.2 Å². The minimum atomic E-state index is -4.42. The van der Waals surface area contributed by atoms with E-state index in [1.165, 1.54) is 70.6 Å². The SMILES string of the molecule is CC/C=C\C/C=C\C/C=C\CCCCCCCCCC(=O)NCCOP(=O)(O)OCC(O)COC(=O)CCCCCCCCC/C=C\C/C=C\CCCCC. The van der Waals surface area contributed by atoms with E-state index in [0.717, 1.165) is 83.5 Å². The molecule has 0 aliphatic carbocycles. The molecule has 0 aromatic rings. The standard InChI is InChI=1S/C45H80NO8P/c1-3-5-7-9-11-13-15-17-19-21-23-25-27-29-31-33-35-37-44(48)46-39-40-53-55(50,51)54-42-43(47)41-52-45(49)38-36-34-32-30-28-26-24-22-20-18-16-14-12-10-8-6-4-2/h5,7,11-14,17-20,43,47H,3-4,6,8-10,15-16,21-42H2,1-2H3,(H,46,48)(H,50,51)/b7-5-,13-11-,14-12-,19-17-,20-18-. The quantitative estimate of drug-likeness (QED) is 0.0242. The maximum atomic E-state index is 12.1. The molecule has 0 radical (unpaired) electrons. The van der Waals surface area contributed by atoms with Gasteiger partial charge in [0.15, 0.2) is 0 Å². The van der Waals surface area contributed by atoms with Gasteiger partial charge in [0, 0.05) is 19.4 Å². The molecule has 0 fully saturated rings. The molecule has 0 aromatic carbocycles. The van der Waals surface area contributed by atoms with Gasteiger partial charge in [-0.15, -0.1) is 0 Å². The zero-order valence-corrected chi connectivity index (χ0v) is 35.7. The Morgan fingerprint density at radius 3 is 1.56 bits per heavy atom. The maximum Gasteiger partial charge on any atom is 0.472 e. The number of ether oxygens (including phenoxy) is 1. The van der Waals surface area contributed by atoms with Gasteiger partial charge >= 0.3 is 13.8 Å². The molecule has 2 unspecified atom stereocenters. The molecule has 3 N–H and O–H groups in total. The fraction of sp³-hybridized carbons (Fsp3) is 0.733. The Labute approximate surface area is 336 Å². The molecule has 0 spiro atoms. The van der Waals surface area contributed by atoms with Crippen molar-refractivity contribution in [1.29, 1.82) is 0 Å². The Hall–Kier alpha value is -2.29. The number of phosphoric acid groups is 1. The largest absolute Gasteiger partial charge is 0.472 e. The summed E-state index contributed by atoms with van der Waals surface area (Å²) >= 11 is 0. The molecule has 0 bridgehead atoms. The Bertz CT molecular complexity index is 1090. The van der Waals surface area contributed by atoms with Crippen molar-refractivity contribution in [3.63, 3.8) is 0 Å². The molecule has 10 heteroatoms. The van der Waals surface area contributed by atoms with Gasteiger partial charge < -0.3 is 20.1 Å². The second kappa shape index (κ2) is 41.3. The van der Waals surface area contributed by atoms with Crippen LogP contribution in [-0.4, -0.2) is 54.3 Å². The summed E-state index contributed by atoms with van der Waals surface area (Å²) in [6.45, 7) is 3.39. The Morgan fingerprint density at radius 2 is 1.04 bits per heavy atom. The van der Waals surface area contributed by atoms with Gasteiger partial charge in [-0.3, -0.25) is 18.6 Å². The van der Waals surface area contributed by atoms with Crippen LogP contribution in [0, 0.1) is 0 Å². The third-order valence-corrected chi connectivity index (χ3v) is 9.92. The highest BCUT2D eigenvalue weighted by Crippen LogP contribution is 2.42. The summed E-state index contributed by atoms with van der Waals surface area (Å²) in [7, 11) is -4.42. The number of allylic oxidation sites excluding steroid dienone is 10. The minimum absolute atomic E-state index is 0.0725. The summed E-state index contributed by atoms with van der Waals surface area (Å²) in [5.74, 6) is -0.537. The number of nitrogens with one attached hydrogen (secondary N) is 1. The Morgan fingerprint density at radius 1 is 0.582 bits per heavy atom. The highest BCUT2D eigenvalue weighted by Gasteiger charge is 2.23. The Kier molecular flexibility index (Phi) is 39.6. The van der Waals surface area contributed by atoms with Crippen LogP contribution in [0.1, 0.15) is 181 Å². The number of hydrogen-bond acceptors (Lipinski definition) is 7. The van der Waals surface area contributed by atoms with E-state index in [0.29, 0.717) is 6.42 Å². The number of carbonyl (C=O) groups excluding carboxylic acids is 2. The van der Waals surface area contributed by atoms with Gasteiger partial charge in [-0.1, -0.05) is 152 Å². The monoisotopic (exact) mass is 794 g/mol. The van der Waals surface area contributed by atoms with Crippen molar-refractivity contribution in [3.8, 4) is 0 Å². The van der Waals surface area contributed by atoms with Crippen molar-refractivity contribution < 1.29 is 37.9 Å². The van der Waals surface area contributed by atoms with Gasteiger partial charge in [0.05, 0.1) is 13.2 Å². The maximum absolute atomic E-state index is 12.1. The first-order valence-electron chi connectivity index (χ1n) is 21.8. The van der Waals surface area contributed by atoms with Gasteiger partial charge in [-0.25, -0.2) is 4.57 Å². The van der Waals surface area contributed by atoms with Crippen LogP contribution in [-0.2, 0) is 27.9 Å². The van der Waals surface area contributed by atoms with E-state index in [4.69, 9.17) is 13.8 Å². The van der Waals surface area contributed by atoms with Crippen LogP contribution >= 0.6 is 7.82 Å². The van der Waals surface area contributed by atoms with Gasteiger partial charge in [0.2, 0.25) is 5.91 Å². The van der Waals surface area contributed by atoms with Gasteiger partial charge in [0.1, 0.15) is 12.7 Å². The number of phosphoric ester groups is 1. The lowest BCUT2D eigenvalue weighted by Crippen LogP contribution is -2.27. The Balaban J connectivity index is 3.63. The van der Waals surface area contributed by atoms with Crippen LogP contribution in [0.15, 0.2) is 60.8 Å². The second-order valence-electron chi connectivity index (χ2n) is 14.3. The van der Waals surface area contributed by atoms with Gasteiger partial charge in [-0.05, 0) is 77.0 Å². The van der Waals surface area contributed by atoms with Crippen LogP contribution in [0.2, 0.25) is 0 Å². The predicted molar refractivity (Wildman–Crippen MR) is 229 cm³/mol. The smallest absolute Gasteiger partial charge is 0.463 e. The van der Waals surface area contributed by atoms with Crippen molar-refractivity contribution in [2.45, 2.75) is 187 Å². The zero-order chi connectivity index (χ0) is 40.3. The van der Waals surface area contributed by atoms with Gasteiger partial charge in [-0.2, -0.15) is 0 Å². The molecule has 0 aliphatic rings. The minimum Gasteiger partial charge on any atom is -0.463 e. The number of rotatable bonds is 40. The fourth-order valence-electron chi connectivity index (χ4n) is 5.66. The highest BCUT2D eigenvalue weighted by atomic mass is 31.2. The topological polar surface area (TPSA) is 131 Å². The summed E-state index contributed by atoms with van der Waals surface area (Å²) < 4.78 is 26.9. The molecule has 1 amide bonds. The third-order valence-electron chi connectivity index (χ3n) is 8.93. The van der Waals surface area contributed by atoms with Crippen molar-refractivity contribution >= 4 is 19.7 Å². The number of esters is 1. The summed E-state index contributed by atoms with van der Waals surface area (Å²) in [4.78, 5) is 33.9. The molecular weight excluding hydrogens is 713 g/mol. The van der Waals surface area contributed by atoms with Crippen LogP contribution < -0.4 is 5.32 Å². The lowest BCUT2D eigenvalue weighted by atomic mass is 10.1. The molecule has 318 valence electrons. The number of aliphatic hydroxyl groups is 1. The van der Waals surface area contributed by atoms with Crippen molar-refractivity contribution in [2.75, 3.05) is 26.4 Å². The number of aliphatic hydroxyl groups excluding tert-OH is 1. The first kappa shape index (κ1) is 52.7. The molecule has 55 heavy (non-hydrogen) atoms. The molecule has 0 saturated heterocycles. The molecule has 0 rings (SSSR count). The van der Waals surface area contributed by atoms with Crippen molar-refractivity contribution in [1.82, 2.24) is 5.32 Å². The van der Waals surface area contributed by atoms with E-state index in [-0.39, 0.29) is 32.1 Å². The van der Waals surface area contributed by atoms with Crippen molar-refractivity contribution in [2.24, 2.45) is 0 Å². The highest BCUT2D eigenvalue weighted by molar-refractivity contribution is 7.47. The van der Waals surface area contributed by atoms with Crippen molar-refractivity contribution in [3.05, 3.63) is 60.8 Å². The average Bonchev–Trinajstić information content (AvgIpc) is 3.17. The summed E-state index contributed by atoms with van der Waals surface area (Å²) in [6.07, 6.45) is 48.6. The second-order valence-corrected chi connectivity index (χ2v) is 15.7. The number of carbonyl (C=O) groups is 2. The number of amides is 1. The number of hydrogen-bond donors (Lipinski definition) is 3. The first-order valence-corrected chi connectivity index (χ1v) is 23.3. The summed E-state index contributed by atoms with van der Waals surface area (Å²) in [5, 5.41) is 12.7. The van der Waals surface area contributed by atoms with E-state index in [1.807, 2.05) is 0 Å². The first-order chi connectivity index (χ1) is 26.8. The summed E-state index contributed by atoms with van der Waals surface area (Å²) in [6, 6.07) is 0. The molecule has 0 aromatic heterocycles. The zero-order valence-electron chi connectivity index (χ0n) is 34.9. The van der Waals surface area contributed by atoms with Crippen LogP contribution in [0.5, 0.6) is 0 Å². The van der Waals surface area contributed by atoms with Crippen LogP contribution in [0.25, 0.3) is 0 Å². The fourth-order valence-corrected chi connectivity index (χ4v) is 6.42. The number of unbranched alkanes of at least 4 members (excludes halogenated alkanes) is 17. The van der Waals surface area contributed by atoms with E-state index < -0.39 is 26.5 Å². The average molecular weight is 794 g/mol. The summed E-state index contributed by atoms with van der Waals surface area (Å²) in [5.41, 5.74) is 0. The molecule has 0 aliphatic heterocycles.